The highest BCUT2D eigenvalue weighted by Crippen LogP contribution is 2.30. The Labute approximate surface area is 124 Å². The lowest BCUT2D eigenvalue weighted by atomic mass is 9.97. The lowest BCUT2D eigenvalue weighted by Gasteiger charge is -2.23. The van der Waals surface area contributed by atoms with Crippen molar-refractivity contribution in [2.24, 2.45) is 5.92 Å². The molecular weight excluding hydrogens is 273 g/mol. The van der Waals surface area contributed by atoms with Crippen molar-refractivity contribution in [1.29, 1.82) is 0 Å². The van der Waals surface area contributed by atoms with Crippen molar-refractivity contribution in [3.05, 3.63) is 64.9 Å². The van der Waals surface area contributed by atoms with Crippen molar-refractivity contribution >= 4 is 17.3 Å². The van der Waals surface area contributed by atoms with Gasteiger partial charge in [-0.25, -0.2) is 4.39 Å². The molecule has 0 aromatic heterocycles. The van der Waals surface area contributed by atoms with Gasteiger partial charge in [-0.15, -0.1) is 0 Å². The fourth-order valence-electron chi connectivity index (χ4n) is 2.23. The van der Waals surface area contributed by atoms with E-state index in [0.29, 0.717) is 16.6 Å². The highest BCUT2D eigenvalue weighted by atomic mass is 35.5. The third-order valence-corrected chi connectivity index (χ3v) is 3.50. The van der Waals surface area contributed by atoms with Crippen molar-refractivity contribution in [3.63, 3.8) is 0 Å². The van der Waals surface area contributed by atoms with Gasteiger partial charge in [-0.2, -0.15) is 0 Å². The van der Waals surface area contributed by atoms with E-state index >= 15 is 0 Å². The van der Waals surface area contributed by atoms with Gasteiger partial charge in [0.25, 0.3) is 0 Å². The Kier molecular flexibility index (Phi) is 5.02. The minimum absolute atomic E-state index is 0.121. The summed E-state index contributed by atoms with van der Waals surface area (Å²) in [6.45, 7) is 4.34. The summed E-state index contributed by atoms with van der Waals surface area (Å²) in [5, 5.41) is 3.90. The molecule has 20 heavy (non-hydrogen) atoms. The van der Waals surface area contributed by atoms with Crippen LogP contribution in [0.3, 0.4) is 0 Å². The Bertz CT molecular complexity index is 554. The van der Waals surface area contributed by atoms with Crippen molar-refractivity contribution in [1.82, 2.24) is 0 Å². The molecule has 0 aliphatic carbocycles. The second-order valence-electron chi connectivity index (χ2n) is 5.36. The van der Waals surface area contributed by atoms with E-state index in [1.54, 1.807) is 6.07 Å². The first kappa shape index (κ1) is 14.9. The van der Waals surface area contributed by atoms with Gasteiger partial charge in [0.1, 0.15) is 5.82 Å². The van der Waals surface area contributed by atoms with Gasteiger partial charge in [-0.05, 0) is 36.1 Å². The standard InChI is InChI=1S/C17H19ClFN/c1-12(2)10-16(13-6-4-3-5-7-13)20-17-11-14(19)8-9-15(17)18/h3-9,11-12,16,20H,10H2,1-2H3. The monoisotopic (exact) mass is 291 g/mol. The molecule has 0 bridgehead atoms. The fraction of sp³-hybridized carbons (Fsp3) is 0.294. The van der Waals surface area contributed by atoms with Crippen LogP contribution in [0.1, 0.15) is 31.9 Å². The molecule has 2 rings (SSSR count). The summed E-state index contributed by atoms with van der Waals surface area (Å²) in [5.41, 5.74) is 1.82. The Morgan fingerprint density at radius 1 is 1.10 bits per heavy atom. The molecule has 106 valence electrons. The van der Waals surface area contributed by atoms with Crippen LogP contribution in [0, 0.1) is 11.7 Å². The van der Waals surface area contributed by atoms with E-state index in [1.165, 1.54) is 17.7 Å². The number of halogens is 2. The highest BCUT2D eigenvalue weighted by Gasteiger charge is 2.14. The average Bonchev–Trinajstić information content (AvgIpc) is 2.42. The molecule has 2 aromatic rings. The number of nitrogens with one attached hydrogen (secondary N) is 1. The number of hydrogen-bond acceptors (Lipinski definition) is 1. The predicted octanol–water partition coefficient (Wildman–Crippen LogP) is 5.68. The summed E-state index contributed by atoms with van der Waals surface area (Å²) < 4.78 is 13.4. The van der Waals surface area contributed by atoms with Crippen molar-refractivity contribution in [2.45, 2.75) is 26.3 Å². The van der Waals surface area contributed by atoms with E-state index in [1.807, 2.05) is 18.2 Å². The maximum Gasteiger partial charge on any atom is 0.125 e. The molecule has 0 saturated heterocycles. The summed E-state index contributed by atoms with van der Waals surface area (Å²) in [5.74, 6) is 0.244. The highest BCUT2D eigenvalue weighted by molar-refractivity contribution is 6.33. The quantitative estimate of drug-likeness (QED) is 0.747. The molecule has 1 atom stereocenters. The number of rotatable bonds is 5. The molecule has 0 heterocycles. The zero-order chi connectivity index (χ0) is 14.5. The van der Waals surface area contributed by atoms with Gasteiger partial charge < -0.3 is 5.32 Å². The molecule has 0 aliphatic heterocycles. The maximum absolute atomic E-state index is 13.4. The van der Waals surface area contributed by atoms with E-state index in [-0.39, 0.29) is 11.9 Å². The van der Waals surface area contributed by atoms with Gasteiger partial charge >= 0.3 is 0 Å². The molecule has 0 aliphatic rings. The maximum atomic E-state index is 13.4. The minimum atomic E-state index is -0.284. The molecule has 1 N–H and O–H groups in total. The largest absolute Gasteiger partial charge is 0.377 e. The van der Waals surface area contributed by atoms with Gasteiger partial charge in [-0.3, -0.25) is 0 Å². The van der Waals surface area contributed by atoms with Gasteiger partial charge in [0.2, 0.25) is 0 Å². The van der Waals surface area contributed by atoms with E-state index < -0.39 is 0 Å². The van der Waals surface area contributed by atoms with Gasteiger partial charge in [-0.1, -0.05) is 55.8 Å². The smallest absolute Gasteiger partial charge is 0.125 e. The third-order valence-electron chi connectivity index (χ3n) is 3.17. The van der Waals surface area contributed by atoms with Crippen LogP contribution in [0.4, 0.5) is 10.1 Å². The van der Waals surface area contributed by atoms with Crippen LogP contribution in [0.15, 0.2) is 48.5 Å². The molecule has 0 amide bonds. The third kappa shape index (κ3) is 3.97. The summed E-state index contributed by atoms with van der Waals surface area (Å²) in [6.07, 6.45) is 0.955. The van der Waals surface area contributed by atoms with Crippen LogP contribution in [0.5, 0.6) is 0 Å². The fourth-order valence-corrected chi connectivity index (χ4v) is 2.40. The molecule has 0 radical (unpaired) electrons. The van der Waals surface area contributed by atoms with Gasteiger partial charge in [0.05, 0.1) is 16.8 Å². The minimum Gasteiger partial charge on any atom is -0.377 e. The summed E-state index contributed by atoms with van der Waals surface area (Å²) >= 11 is 6.14. The normalized spacial score (nSPS) is 12.4. The van der Waals surface area contributed by atoms with E-state index in [2.05, 4.69) is 31.3 Å². The number of hydrogen-bond donors (Lipinski definition) is 1. The first-order chi connectivity index (χ1) is 9.56. The van der Waals surface area contributed by atoms with Crippen LogP contribution in [0.25, 0.3) is 0 Å². The number of anilines is 1. The first-order valence-corrected chi connectivity index (χ1v) is 7.20. The van der Waals surface area contributed by atoms with E-state index in [4.69, 9.17) is 11.6 Å². The second-order valence-corrected chi connectivity index (χ2v) is 5.77. The summed E-state index contributed by atoms with van der Waals surface area (Å²) in [6, 6.07) is 14.7. The SMILES string of the molecule is CC(C)CC(Nc1cc(F)ccc1Cl)c1ccccc1. The average molecular weight is 292 g/mol. The molecule has 3 heteroatoms. The molecule has 0 saturated carbocycles. The van der Waals surface area contributed by atoms with Crippen molar-refractivity contribution in [2.75, 3.05) is 5.32 Å². The predicted molar refractivity (Wildman–Crippen MR) is 83.7 cm³/mol. The molecule has 0 fully saturated rings. The lowest BCUT2D eigenvalue weighted by Crippen LogP contribution is -2.13. The molecular formula is C17H19ClFN. The van der Waals surface area contributed by atoms with Crippen LogP contribution in [-0.4, -0.2) is 0 Å². The molecule has 1 unspecified atom stereocenters. The Hall–Kier alpha value is -1.54. The lowest BCUT2D eigenvalue weighted by molar-refractivity contribution is 0.530. The van der Waals surface area contributed by atoms with E-state index in [0.717, 1.165) is 6.42 Å². The number of benzene rings is 2. The van der Waals surface area contributed by atoms with Gasteiger partial charge in [0.15, 0.2) is 0 Å². The first-order valence-electron chi connectivity index (χ1n) is 6.83. The topological polar surface area (TPSA) is 12.0 Å². The summed E-state index contributed by atoms with van der Waals surface area (Å²) in [4.78, 5) is 0. The molecule has 2 aromatic carbocycles. The summed E-state index contributed by atoms with van der Waals surface area (Å²) in [7, 11) is 0. The van der Waals surface area contributed by atoms with Crippen LogP contribution >= 0.6 is 11.6 Å². The van der Waals surface area contributed by atoms with Crippen molar-refractivity contribution in [3.8, 4) is 0 Å². The van der Waals surface area contributed by atoms with Crippen LogP contribution < -0.4 is 5.32 Å². The Morgan fingerprint density at radius 2 is 1.80 bits per heavy atom. The van der Waals surface area contributed by atoms with Crippen molar-refractivity contribution < 1.29 is 4.39 Å². The van der Waals surface area contributed by atoms with Crippen LogP contribution in [-0.2, 0) is 0 Å². The second kappa shape index (κ2) is 6.76. The Balaban J connectivity index is 2.26. The zero-order valence-corrected chi connectivity index (χ0v) is 12.5. The Morgan fingerprint density at radius 3 is 2.45 bits per heavy atom. The van der Waals surface area contributed by atoms with Crippen LogP contribution in [0.2, 0.25) is 5.02 Å². The van der Waals surface area contributed by atoms with Gasteiger partial charge in [0, 0.05) is 0 Å². The molecule has 1 nitrogen and oxygen atoms in total. The molecule has 0 spiro atoms. The van der Waals surface area contributed by atoms with E-state index in [9.17, 15) is 4.39 Å². The zero-order valence-electron chi connectivity index (χ0n) is 11.7.